The van der Waals surface area contributed by atoms with Crippen molar-refractivity contribution in [3.63, 3.8) is 0 Å². The van der Waals surface area contributed by atoms with Crippen LogP contribution in [0.15, 0.2) is 11.6 Å². The molecule has 1 atom stereocenters. The monoisotopic (exact) mass is 232 g/mol. The minimum Gasteiger partial charge on any atom is -0.481 e. The van der Waals surface area contributed by atoms with Gasteiger partial charge in [0.05, 0.1) is 0 Å². The Morgan fingerprint density at radius 2 is 2.13 bits per heavy atom. The van der Waals surface area contributed by atoms with Gasteiger partial charge in [0.25, 0.3) is 0 Å². The summed E-state index contributed by atoms with van der Waals surface area (Å²) in [6, 6.07) is 0. The van der Waals surface area contributed by atoms with Gasteiger partial charge >= 0.3 is 5.97 Å². The summed E-state index contributed by atoms with van der Waals surface area (Å²) in [7, 11) is 0. The standard InChI is InChI=1S/C12H21ClO2/c1-10(6-4-8-12(14)15)5-3-7-11(2)9-13/h7,10H,3-6,8-9H2,1-2H3,(H,14,15)/b11-7+/t10-/m1/s1. The van der Waals surface area contributed by atoms with E-state index >= 15 is 0 Å². The zero-order chi connectivity index (χ0) is 11.7. The van der Waals surface area contributed by atoms with Gasteiger partial charge in [-0.15, -0.1) is 11.6 Å². The number of carboxylic acids is 1. The number of hydrogen-bond donors (Lipinski definition) is 1. The first kappa shape index (κ1) is 14.5. The van der Waals surface area contributed by atoms with Crippen molar-refractivity contribution >= 4 is 17.6 Å². The second kappa shape index (κ2) is 8.78. The first-order valence-corrected chi connectivity index (χ1v) is 6.03. The van der Waals surface area contributed by atoms with E-state index in [0.717, 1.165) is 25.7 Å². The first-order chi connectivity index (χ1) is 7.06. The van der Waals surface area contributed by atoms with E-state index in [1.54, 1.807) is 0 Å². The smallest absolute Gasteiger partial charge is 0.303 e. The van der Waals surface area contributed by atoms with Gasteiger partial charge in [0.1, 0.15) is 0 Å². The molecule has 3 heteroatoms. The Morgan fingerprint density at radius 3 is 2.67 bits per heavy atom. The van der Waals surface area contributed by atoms with Gasteiger partial charge < -0.3 is 5.11 Å². The molecule has 0 aromatic heterocycles. The topological polar surface area (TPSA) is 37.3 Å². The first-order valence-electron chi connectivity index (χ1n) is 5.49. The number of aliphatic carboxylic acids is 1. The van der Waals surface area contributed by atoms with Crippen molar-refractivity contribution in [1.82, 2.24) is 0 Å². The minimum absolute atomic E-state index is 0.293. The van der Waals surface area contributed by atoms with Crippen molar-refractivity contribution in [3.05, 3.63) is 11.6 Å². The van der Waals surface area contributed by atoms with Crippen molar-refractivity contribution in [1.29, 1.82) is 0 Å². The van der Waals surface area contributed by atoms with E-state index in [1.165, 1.54) is 5.57 Å². The van der Waals surface area contributed by atoms with E-state index < -0.39 is 5.97 Å². The van der Waals surface area contributed by atoms with Crippen LogP contribution in [0.4, 0.5) is 0 Å². The van der Waals surface area contributed by atoms with E-state index in [0.29, 0.717) is 18.2 Å². The summed E-state index contributed by atoms with van der Waals surface area (Å²) in [5, 5.41) is 8.48. The summed E-state index contributed by atoms with van der Waals surface area (Å²) >= 11 is 5.65. The molecule has 88 valence electrons. The maximum absolute atomic E-state index is 10.3. The van der Waals surface area contributed by atoms with Crippen LogP contribution in [0, 0.1) is 5.92 Å². The highest BCUT2D eigenvalue weighted by atomic mass is 35.5. The maximum Gasteiger partial charge on any atom is 0.303 e. The molecular formula is C12H21ClO2. The van der Waals surface area contributed by atoms with Crippen molar-refractivity contribution in [2.45, 2.75) is 46.0 Å². The van der Waals surface area contributed by atoms with Gasteiger partial charge in [-0.25, -0.2) is 0 Å². The number of halogens is 1. The molecule has 0 fully saturated rings. The van der Waals surface area contributed by atoms with Gasteiger partial charge in [0, 0.05) is 12.3 Å². The summed E-state index contributed by atoms with van der Waals surface area (Å²) in [5.74, 6) is 0.511. The van der Waals surface area contributed by atoms with Crippen LogP contribution < -0.4 is 0 Å². The molecule has 0 amide bonds. The average molecular weight is 233 g/mol. The summed E-state index contributed by atoms with van der Waals surface area (Å²) in [6.45, 7) is 4.20. The summed E-state index contributed by atoms with van der Waals surface area (Å²) < 4.78 is 0. The Balaban J connectivity index is 3.49. The Bertz CT molecular complexity index is 212. The van der Waals surface area contributed by atoms with E-state index in [1.807, 2.05) is 6.92 Å². The van der Waals surface area contributed by atoms with Crippen LogP contribution in [0.1, 0.15) is 46.0 Å². The quantitative estimate of drug-likeness (QED) is 0.510. The second-order valence-corrected chi connectivity index (χ2v) is 4.42. The highest BCUT2D eigenvalue weighted by Gasteiger charge is 2.03. The fourth-order valence-electron chi connectivity index (χ4n) is 1.41. The van der Waals surface area contributed by atoms with E-state index in [4.69, 9.17) is 16.7 Å². The molecule has 0 unspecified atom stereocenters. The minimum atomic E-state index is -0.694. The summed E-state index contributed by atoms with van der Waals surface area (Å²) in [5.41, 5.74) is 1.22. The van der Waals surface area contributed by atoms with Crippen LogP contribution >= 0.6 is 11.6 Å². The summed E-state index contributed by atoms with van der Waals surface area (Å²) in [4.78, 5) is 10.3. The van der Waals surface area contributed by atoms with Crippen molar-refractivity contribution < 1.29 is 9.90 Å². The Kier molecular flexibility index (Phi) is 8.49. The van der Waals surface area contributed by atoms with Gasteiger partial charge in [-0.2, -0.15) is 0 Å². The average Bonchev–Trinajstić information content (AvgIpc) is 2.17. The number of carboxylic acid groups (broad SMARTS) is 1. The lowest BCUT2D eigenvalue weighted by molar-refractivity contribution is -0.137. The molecule has 0 radical (unpaired) electrons. The van der Waals surface area contributed by atoms with E-state index in [-0.39, 0.29) is 0 Å². The number of rotatable bonds is 8. The van der Waals surface area contributed by atoms with E-state index in [2.05, 4.69) is 13.0 Å². The van der Waals surface area contributed by atoms with Crippen molar-refractivity contribution in [2.75, 3.05) is 5.88 Å². The molecule has 1 N–H and O–H groups in total. The van der Waals surface area contributed by atoms with Crippen LogP contribution in [0.25, 0.3) is 0 Å². The van der Waals surface area contributed by atoms with Crippen LogP contribution in [0.3, 0.4) is 0 Å². The molecule has 0 heterocycles. The maximum atomic E-state index is 10.3. The number of allylic oxidation sites excluding steroid dienone is 2. The zero-order valence-corrected chi connectivity index (χ0v) is 10.4. The Labute approximate surface area is 97.3 Å². The number of carbonyl (C=O) groups is 1. The predicted molar refractivity (Wildman–Crippen MR) is 64.4 cm³/mol. The molecule has 0 rings (SSSR count). The van der Waals surface area contributed by atoms with Crippen molar-refractivity contribution in [2.24, 2.45) is 5.92 Å². The molecule has 15 heavy (non-hydrogen) atoms. The third-order valence-corrected chi connectivity index (χ3v) is 2.87. The molecular weight excluding hydrogens is 212 g/mol. The predicted octanol–water partition coefficient (Wildman–Crippen LogP) is 3.84. The lowest BCUT2D eigenvalue weighted by Gasteiger charge is -2.08. The molecule has 0 aliphatic rings. The third-order valence-electron chi connectivity index (χ3n) is 2.45. The van der Waals surface area contributed by atoms with E-state index in [9.17, 15) is 4.79 Å². The largest absolute Gasteiger partial charge is 0.481 e. The lowest BCUT2D eigenvalue weighted by Crippen LogP contribution is -1.98. The van der Waals surface area contributed by atoms with Gasteiger partial charge in [-0.1, -0.05) is 25.0 Å². The third kappa shape index (κ3) is 9.80. The van der Waals surface area contributed by atoms with Crippen LogP contribution in [0.2, 0.25) is 0 Å². The molecule has 0 bridgehead atoms. The molecule has 2 nitrogen and oxygen atoms in total. The van der Waals surface area contributed by atoms with Gasteiger partial charge in [-0.3, -0.25) is 4.79 Å². The molecule has 0 saturated carbocycles. The summed E-state index contributed by atoms with van der Waals surface area (Å²) in [6.07, 6.45) is 6.41. The molecule has 0 spiro atoms. The lowest BCUT2D eigenvalue weighted by atomic mass is 9.98. The molecule has 0 saturated heterocycles. The van der Waals surface area contributed by atoms with Crippen LogP contribution in [0.5, 0.6) is 0 Å². The van der Waals surface area contributed by atoms with Crippen molar-refractivity contribution in [3.8, 4) is 0 Å². The van der Waals surface area contributed by atoms with Gasteiger partial charge in [0.2, 0.25) is 0 Å². The molecule has 0 aromatic carbocycles. The Morgan fingerprint density at radius 1 is 1.47 bits per heavy atom. The normalized spacial score (nSPS) is 13.9. The van der Waals surface area contributed by atoms with Gasteiger partial charge in [0.15, 0.2) is 0 Å². The highest BCUT2D eigenvalue weighted by molar-refractivity contribution is 6.19. The van der Waals surface area contributed by atoms with Gasteiger partial charge in [-0.05, 0) is 32.1 Å². The second-order valence-electron chi connectivity index (χ2n) is 4.15. The molecule has 0 aliphatic carbocycles. The zero-order valence-electron chi connectivity index (χ0n) is 9.63. The van der Waals surface area contributed by atoms with Crippen LogP contribution in [-0.2, 0) is 4.79 Å². The fourth-order valence-corrected chi connectivity index (χ4v) is 1.52. The number of hydrogen-bond acceptors (Lipinski definition) is 1. The fraction of sp³-hybridized carbons (Fsp3) is 0.750. The highest BCUT2D eigenvalue weighted by Crippen LogP contribution is 2.15. The molecule has 0 aromatic rings. The Hall–Kier alpha value is -0.500. The molecule has 0 aliphatic heterocycles. The van der Waals surface area contributed by atoms with Crippen LogP contribution in [-0.4, -0.2) is 17.0 Å². The number of alkyl halides is 1. The SMILES string of the molecule is C/C(=C\CC[C@@H](C)CCCC(=O)O)CCl.